The van der Waals surface area contributed by atoms with Crippen molar-refractivity contribution in [2.24, 2.45) is 0 Å². The number of carbonyl (C=O) groups is 1. The topological polar surface area (TPSA) is 58.1 Å². The van der Waals surface area contributed by atoms with Gasteiger partial charge < -0.3 is 5.32 Å². The van der Waals surface area contributed by atoms with E-state index in [4.69, 9.17) is 4.98 Å². The first-order valence-electron chi connectivity index (χ1n) is 10.8. The third kappa shape index (κ3) is 3.80. The minimum absolute atomic E-state index is 0.0351. The summed E-state index contributed by atoms with van der Waals surface area (Å²) in [6, 6.07) is 18.5. The van der Waals surface area contributed by atoms with E-state index in [1.807, 2.05) is 35.2 Å². The van der Waals surface area contributed by atoms with Crippen LogP contribution < -0.4 is 10.2 Å². The second-order valence-electron chi connectivity index (χ2n) is 8.26. The number of aryl methyl sites for hydroxylation is 2. The Morgan fingerprint density at radius 2 is 1.87 bits per heavy atom. The van der Waals surface area contributed by atoms with Crippen molar-refractivity contribution >= 4 is 17.7 Å². The summed E-state index contributed by atoms with van der Waals surface area (Å²) in [5.74, 6) is 1.24. The molecule has 0 aliphatic heterocycles. The zero-order valence-corrected chi connectivity index (χ0v) is 17.2. The zero-order valence-electron chi connectivity index (χ0n) is 17.2. The predicted molar refractivity (Wildman–Crippen MR) is 119 cm³/mol. The van der Waals surface area contributed by atoms with Gasteiger partial charge in [0.1, 0.15) is 5.82 Å². The van der Waals surface area contributed by atoms with E-state index in [9.17, 15) is 4.79 Å². The third-order valence-corrected chi connectivity index (χ3v) is 6.01. The molecule has 152 valence electrons. The molecule has 2 aromatic carbocycles. The molecule has 1 aromatic heterocycles. The first-order chi connectivity index (χ1) is 14.7. The molecule has 1 amide bonds. The van der Waals surface area contributed by atoms with Gasteiger partial charge in [0.25, 0.3) is 5.91 Å². The molecule has 1 saturated carbocycles. The Kier molecular flexibility index (Phi) is 4.95. The lowest BCUT2D eigenvalue weighted by Gasteiger charge is -2.23. The minimum atomic E-state index is 0.0351. The van der Waals surface area contributed by atoms with Crippen molar-refractivity contribution in [2.75, 3.05) is 10.2 Å². The van der Waals surface area contributed by atoms with Crippen LogP contribution in [0.25, 0.3) is 0 Å². The van der Waals surface area contributed by atoms with Crippen LogP contribution in [0.3, 0.4) is 0 Å². The van der Waals surface area contributed by atoms with Crippen LogP contribution in [0.5, 0.6) is 0 Å². The maximum atomic E-state index is 13.4. The third-order valence-electron chi connectivity index (χ3n) is 6.01. The largest absolute Gasteiger partial charge is 0.348 e. The van der Waals surface area contributed by atoms with Gasteiger partial charge in [0.15, 0.2) is 0 Å². The molecule has 0 saturated heterocycles. The molecule has 0 spiro atoms. The lowest BCUT2D eigenvalue weighted by atomic mass is 10.1. The summed E-state index contributed by atoms with van der Waals surface area (Å²) in [5, 5.41) is 3.37. The number of fused-ring (bicyclic) bond motifs is 1. The number of amides is 1. The Labute approximate surface area is 177 Å². The SMILES string of the molecule is C[C@H](Nc1nccc(N(C(=O)c2ccc3c(c2)CCC3)C2CC2)n1)c1ccccc1. The molecule has 5 heteroatoms. The van der Waals surface area contributed by atoms with Crippen LogP contribution in [0.4, 0.5) is 11.8 Å². The first-order valence-corrected chi connectivity index (χ1v) is 10.8. The predicted octanol–water partition coefficient (Wildman–Crippen LogP) is 4.95. The lowest BCUT2D eigenvalue weighted by molar-refractivity contribution is 0.0984. The quantitative estimate of drug-likeness (QED) is 0.638. The summed E-state index contributed by atoms with van der Waals surface area (Å²) in [7, 11) is 0. The molecule has 1 fully saturated rings. The Balaban J connectivity index is 1.40. The average molecular weight is 399 g/mol. The minimum Gasteiger partial charge on any atom is -0.348 e. The van der Waals surface area contributed by atoms with Gasteiger partial charge in [-0.05, 0) is 73.9 Å². The summed E-state index contributed by atoms with van der Waals surface area (Å²) in [5.41, 5.74) is 4.62. The van der Waals surface area contributed by atoms with Gasteiger partial charge in [-0.2, -0.15) is 4.98 Å². The van der Waals surface area contributed by atoms with Crippen molar-refractivity contribution in [3.8, 4) is 0 Å². The molecule has 3 aromatic rings. The Hall–Kier alpha value is -3.21. The molecule has 1 heterocycles. The van der Waals surface area contributed by atoms with Gasteiger partial charge in [0.2, 0.25) is 5.95 Å². The molecule has 0 unspecified atom stereocenters. The van der Waals surface area contributed by atoms with Crippen LogP contribution in [-0.4, -0.2) is 21.9 Å². The van der Waals surface area contributed by atoms with Crippen LogP contribution in [0.1, 0.15) is 59.3 Å². The first kappa shape index (κ1) is 18.8. The fourth-order valence-electron chi connectivity index (χ4n) is 4.21. The van der Waals surface area contributed by atoms with E-state index in [-0.39, 0.29) is 18.0 Å². The standard InChI is InChI=1S/C25H26N4O/c1-17(18-6-3-2-4-7-18)27-25-26-15-14-23(28-25)29(22-12-13-22)24(30)21-11-10-19-8-5-9-20(19)16-21/h2-4,6-7,10-11,14-17,22H,5,8-9,12-13H2,1H3,(H,26,27,28)/t17-/m0/s1. The summed E-state index contributed by atoms with van der Waals surface area (Å²) < 4.78 is 0. The van der Waals surface area contributed by atoms with E-state index >= 15 is 0 Å². The second kappa shape index (κ2) is 7.90. The number of aromatic nitrogens is 2. The van der Waals surface area contributed by atoms with Gasteiger partial charge in [0.05, 0.1) is 6.04 Å². The number of nitrogens with zero attached hydrogens (tertiary/aromatic N) is 3. The second-order valence-corrected chi connectivity index (χ2v) is 8.26. The van der Waals surface area contributed by atoms with Crippen LogP contribution >= 0.6 is 0 Å². The van der Waals surface area contributed by atoms with Crippen LogP contribution in [-0.2, 0) is 12.8 Å². The molecule has 2 aliphatic carbocycles. The highest BCUT2D eigenvalue weighted by Crippen LogP contribution is 2.33. The molecule has 2 aliphatic rings. The molecule has 1 N–H and O–H groups in total. The fraction of sp³-hybridized carbons (Fsp3) is 0.320. The van der Waals surface area contributed by atoms with E-state index in [1.165, 1.54) is 23.1 Å². The molecule has 0 radical (unpaired) electrons. The van der Waals surface area contributed by atoms with Crippen molar-refractivity contribution in [1.82, 2.24) is 9.97 Å². The molecule has 1 atom stereocenters. The van der Waals surface area contributed by atoms with E-state index < -0.39 is 0 Å². The smallest absolute Gasteiger partial charge is 0.259 e. The van der Waals surface area contributed by atoms with Crippen molar-refractivity contribution in [1.29, 1.82) is 0 Å². The van der Waals surface area contributed by atoms with Gasteiger partial charge in [-0.15, -0.1) is 0 Å². The van der Waals surface area contributed by atoms with Gasteiger partial charge in [-0.3, -0.25) is 9.69 Å². The van der Waals surface area contributed by atoms with Crippen molar-refractivity contribution in [3.05, 3.63) is 83.0 Å². The number of hydrogen-bond acceptors (Lipinski definition) is 4. The molecular weight excluding hydrogens is 372 g/mol. The number of benzene rings is 2. The molecule has 5 nitrogen and oxygen atoms in total. The fourth-order valence-corrected chi connectivity index (χ4v) is 4.21. The van der Waals surface area contributed by atoms with Gasteiger partial charge >= 0.3 is 0 Å². The van der Waals surface area contributed by atoms with E-state index in [2.05, 4.69) is 41.5 Å². The maximum absolute atomic E-state index is 13.4. The van der Waals surface area contributed by atoms with Crippen molar-refractivity contribution in [3.63, 3.8) is 0 Å². The van der Waals surface area contributed by atoms with E-state index in [1.54, 1.807) is 6.20 Å². The van der Waals surface area contributed by atoms with Crippen LogP contribution in [0.15, 0.2) is 60.8 Å². The summed E-state index contributed by atoms with van der Waals surface area (Å²) in [6.45, 7) is 2.08. The summed E-state index contributed by atoms with van der Waals surface area (Å²) in [4.78, 5) is 24.4. The normalized spacial score (nSPS) is 16.0. The molecule has 30 heavy (non-hydrogen) atoms. The van der Waals surface area contributed by atoms with Crippen LogP contribution in [0.2, 0.25) is 0 Å². The van der Waals surface area contributed by atoms with E-state index in [0.29, 0.717) is 11.8 Å². The molecule has 0 bridgehead atoms. The highest BCUT2D eigenvalue weighted by Gasteiger charge is 2.35. The average Bonchev–Trinajstić information content (AvgIpc) is 3.49. The monoisotopic (exact) mass is 398 g/mol. The Morgan fingerprint density at radius 3 is 2.67 bits per heavy atom. The van der Waals surface area contributed by atoms with Gasteiger partial charge in [0, 0.05) is 17.8 Å². The van der Waals surface area contributed by atoms with Gasteiger partial charge in [-0.1, -0.05) is 36.4 Å². The number of carbonyl (C=O) groups excluding carboxylic acids is 1. The molecule has 5 rings (SSSR count). The lowest BCUT2D eigenvalue weighted by Crippen LogP contribution is -2.34. The molecular formula is C25H26N4O. The van der Waals surface area contributed by atoms with Crippen molar-refractivity contribution in [2.45, 2.75) is 51.1 Å². The Bertz CT molecular complexity index is 1060. The summed E-state index contributed by atoms with van der Waals surface area (Å²) in [6.07, 6.45) is 7.14. The number of anilines is 2. The highest BCUT2D eigenvalue weighted by atomic mass is 16.2. The number of hydrogen-bond donors (Lipinski definition) is 1. The highest BCUT2D eigenvalue weighted by molar-refractivity contribution is 6.06. The number of nitrogens with one attached hydrogen (secondary N) is 1. The zero-order chi connectivity index (χ0) is 20.5. The maximum Gasteiger partial charge on any atom is 0.259 e. The Morgan fingerprint density at radius 1 is 1.07 bits per heavy atom. The van der Waals surface area contributed by atoms with Gasteiger partial charge in [-0.25, -0.2) is 4.98 Å². The van der Waals surface area contributed by atoms with Crippen LogP contribution in [0, 0.1) is 0 Å². The summed E-state index contributed by atoms with van der Waals surface area (Å²) >= 11 is 0. The van der Waals surface area contributed by atoms with E-state index in [0.717, 1.165) is 31.2 Å². The van der Waals surface area contributed by atoms with Crippen molar-refractivity contribution < 1.29 is 4.79 Å². The number of rotatable bonds is 6.